The first-order valence-electron chi connectivity index (χ1n) is 23.4. The summed E-state index contributed by atoms with van der Waals surface area (Å²) in [6.07, 6.45) is 0. The second-order valence-corrected chi connectivity index (χ2v) is 18.3. The molecule has 0 saturated heterocycles. The van der Waals surface area contributed by atoms with E-state index in [2.05, 4.69) is 135 Å². The van der Waals surface area contributed by atoms with E-state index in [4.69, 9.17) is 29.9 Å². The lowest BCUT2D eigenvalue weighted by atomic mass is 9.82. The molecule has 69 heavy (non-hydrogen) atoms. The van der Waals surface area contributed by atoms with Crippen LogP contribution in [0.25, 0.3) is 123 Å². The van der Waals surface area contributed by atoms with E-state index in [1.165, 1.54) is 49.2 Å². The number of hydrogen-bond donors (Lipinski definition) is 0. The Hall–Kier alpha value is -9.00. The molecule has 6 nitrogen and oxygen atoms in total. The molecule has 6 heteroatoms. The van der Waals surface area contributed by atoms with Gasteiger partial charge in [0.05, 0.1) is 0 Å². The first-order chi connectivity index (χ1) is 33.9. The van der Waals surface area contributed by atoms with Crippen molar-refractivity contribution in [2.45, 2.75) is 19.3 Å². The maximum absolute atomic E-state index is 5.19. The van der Waals surface area contributed by atoms with Crippen LogP contribution in [0.4, 0.5) is 0 Å². The molecular weight excluding hydrogens is 841 g/mol. The van der Waals surface area contributed by atoms with E-state index in [1.54, 1.807) is 0 Å². The van der Waals surface area contributed by atoms with Crippen molar-refractivity contribution in [1.29, 1.82) is 0 Å². The van der Waals surface area contributed by atoms with Gasteiger partial charge in [0.15, 0.2) is 34.9 Å². The summed E-state index contributed by atoms with van der Waals surface area (Å²) in [6, 6.07) is 76.5. The fourth-order valence-corrected chi connectivity index (χ4v) is 10.3. The maximum Gasteiger partial charge on any atom is 0.164 e. The molecule has 0 fully saturated rings. The topological polar surface area (TPSA) is 77.3 Å². The summed E-state index contributed by atoms with van der Waals surface area (Å²) < 4.78 is 0. The molecule has 0 amide bonds. The van der Waals surface area contributed by atoms with E-state index >= 15 is 0 Å². The van der Waals surface area contributed by atoms with E-state index in [9.17, 15) is 0 Å². The highest BCUT2D eigenvalue weighted by atomic mass is 15.0. The van der Waals surface area contributed by atoms with Crippen LogP contribution in [0.3, 0.4) is 0 Å². The van der Waals surface area contributed by atoms with E-state index in [1.807, 2.05) is 97.1 Å². The van der Waals surface area contributed by atoms with E-state index in [-0.39, 0.29) is 5.41 Å². The Kier molecular flexibility index (Phi) is 9.41. The molecule has 0 bridgehead atoms. The predicted octanol–water partition coefficient (Wildman–Crippen LogP) is 15.5. The molecule has 0 spiro atoms. The summed E-state index contributed by atoms with van der Waals surface area (Å²) in [5.41, 5.74) is 12.7. The molecule has 2 heterocycles. The molecule has 0 saturated carbocycles. The summed E-state index contributed by atoms with van der Waals surface area (Å²) >= 11 is 0. The van der Waals surface area contributed by atoms with Gasteiger partial charge in [-0.1, -0.05) is 214 Å². The lowest BCUT2D eigenvalue weighted by Gasteiger charge is -2.21. The second-order valence-electron chi connectivity index (χ2n) is 18.3. The Morgan fingerprint density at radius 2 is 0.623 bits per heavy atom. The van der Waals surface area contributed by atoms with Gasteiger partial charge in [0.2, 0.25) is 0 Å². The summed E-state index contributed by atoms with van der Waals surface area (Å²) in [5, 5.41) is 7.09. The lowest BCUT2D eigenvalue weighted by molar-refractivity contribution is 0.660. The molecule has 0 atom stereocenters. The minimum absolute atomic E-state index is 0.234. The highest BCUT2D eigenvalue weighted by molar-refractivity contribution is 6.26. The molecule has 13 rings (SSSR count). The summed E-state index contributed by atoms with van der Waals surface area (Å²) in [4.78, 5) is 30.4. The highest BCUT2D eigenvalue weighted by Crippen LogP contribution is 2.53. The molecule has 0 N–H and O–H groups in total. The molecule has 1 aliphatic rings. The highest BCUT2D eigenvalue weighted by Gasteiger charge is 2.37. The molecule has 2 aromatic heterocycles. The van der Waals surface area contributed by atoms with Crippen molar-refractivity contribution >= 4 is 32.3 Å². The zero-order valence-electron chi connectivity index (χ0n) is 38.0. The Bertz CT molecular complexity index is 3830. The zero-order chi connectivity index (χ0) is 46.1. The third kappa shape index (κ3) is 6.87. The molecule has 0 unspecified atom stereocenters. The van der Waals surface area contributed by atoms with E-state index in [0.717, 1.165) is 49.9 Å². The van der Waals surface area contributed by atoms with Gasteiger partial charge < -0.3 is 0 Å². The van der Waals surface area contributed by atoms with Gasteiger partial charge in [-0.15, -0.1) is 0 Å². The third-order valence-electron chi connectivity index (χ3n) is 13.8. The number of aromatic nitrogens is 6. The number of benzene rings is 10. The monoisotopic (exact) mass is 882 g/mol. The molecule has 10 aromatic carbocycles. The van der Waals surface area contributed by atoms with Crippen molar-refractivity contribution in [3.63, 3.8) is 0 Å². The van der Waals surface area contributed by atoms with E-state index < -0.39 is 0 Å². The average Bonchev–Trinajstić information content (AvgIpc) is 3.66. The van der Waals surface area contributed by atoms with Crippen molar-refractivity contribution < 1.29 is 0 Å². The van der Waals surface area contributed by atoms with Gasteiger partial charge in [0.25, 0.3) is 0 Å². The smallest absolute Gasteiger partial charge is 0.164 e. The molecule has 0 aliphatic heterocycles. The van der Waals surface area contributed by atoms with Crippen LogP contribution in [0.5, 0.6) is 0 Å². The number of fused-ring (bicyclic) bond motifs is 9. The van der Waals surface area contributed by atoms with E-state index in [0.29, 0.717) is 34.9 Å². The Morgan fingerprint density at radius 1 is 0.246 bits per heavy atom. The summed E-state index contributed by atoms with van der Waals surface area (Å²) in [5.74, 6) is 3.88. The van der Waals surface area contributed by atoms with Gasteiger partial charge in [-0.05, 0) is 83.9 Å². The predicted molar refractivity (Wildman–Crippen MR) is 281 cm³/mol. The van der Waals surface area contributed by atoms with Crippen LogP contribution >= 0.6 is 0 Å². The molecule has 12 aromatic rings. The normalized spacial score (nSPS) is 12.6. The Morgan fingerprint density at radius 3 is 1.12 bits per heavy atom. The average molecular weight is 883 g/mol. The number of rotatable bonds is 7. The van der Waals surface area contributed by atoms with Gasteiger partial charge in [-0.2, -0.15) is 0 Å². The standard InChI is InChI=1S/C63H42N6/c1-63(2)54-35-32-44(37-53(54)56-50(28-17-29-55(56)63)62-68-59(41-22-11-5-12-23-41)65-60(69-62)42-24-13-6-14-25-42)43-30-33-48-49-34-31-45(38-52(49)47-27-16-15-26-46(47)51(48)36-43)61-66-57(39-18-7-3-8-19-39)64-58(67-61)40-20-9-4-10-21-40/h3-38H,1-2H3. The second kappa shape index (κ2) is 16.1. The van der Waals surface area contributed by atoms with Crippen LogP contribution in [0, 0.1) is 0 Å². The van der Waals surface area contributed by atoms with Gasteiger partial charge in [0.1, 0.15) is 0 Å². The minimum Gasteiger partial charge on any atom is -0.208 e. The van der Waals surface area contributed by atoms with Crippen molar-refractivity contribution in [2.24, 2.45) is 0 Å². The Labute approximate surface area is 399 Å². The van der Waals surface area contributed by atoms with Crippen molar-refractivity contribution in [1.82, 2.24) is 29.9 Å². The summed E-state index contributed by atoms with van der Waals surface area (Å²) in [6.45, 7) is 4.65. The third-order valence-corrected chi connectivity index (χ3v) is 13.8. The van der Waals surface area contributed by atoms with Gasteiger partial charge in [-0.25, -0.2) is 29.9 Å². The van der Waals surface area contributed by atoms with Gasteiger partial charge in [-0.3, -0.25) is 0 Å². The summed E-state index contributed by atoms with van der Waals surface area (Å²) in [7, 11) is 0. The molecular formula is C63H42N6. The first kappa shape index (κ1) is 40.3. The van der Waals surface area contributed by atoms with Gasteiger partial charge in [0, 0.05) is 38.8 Å². The first-order valence-corrected chi connectivity index (χ1v) is 23.4. The van der Waals surface area contributed by atoms with Crippen LogP contribution < -0.4 is 0 Å². The van der Waals surface area contributed by atoms with Crippen molar-refractivity contribution in [3.8, 4) is 90.6 Å². The maximum atomic E-state index is 5.19. The SMILES string of the molecule is CC1(C)c2ccc(-c3ccc4c5ccc(-c6nc(-c7ccccc7)nc(-c7ccccc7)n6)cc5c5ccccc5c4c3)cc2-c2c(-c3nc(-c4ccccc4)nc(-c4ccccc4)n3)cccc21. The minimum atomic E-state index is -0.234. The van der Waals surface area contributed by atoms with Crippen LogP contribution in [0.1, 0.15) is 25.0 Å². The Balaban J connectivity index is 0.942. The fourth-order valence-electron chi connectivity index (χ4n) is 10.3. The number of hydrogen-bond acceptors (Lipinski definition) is 6. The number of nitrogens with zero attached hydrogens (tertiary/aromatic N) is 6. The quantitative estimate of drug-likeness (QED) is 0.148. The molecule has 1 aliphatic carbocycles. The van der Waals surface area contributed by atoms with Crippen LogP contribution in [-0.4, -0.2) is 29.9 Å². The molecule has 324 valence electrons. The zero-order valence-corrected chi connectivity index (χ0v) is 38.0. The van der Waals surface area contributed by atoms with Crippen LogP contribution in [-0.2, 0) is 5.41 Å². The van der Waals surface area contributed by atoms with Crippen LogP contribution in [0.2, 0.25) is 0 Å². The van der Waals surface area contributed by atoms with Crippen LogP contribution in [0.15, 0.2) is 218 Å². The van der Waals surface area contributed by atoms with Crippen molar-refractivity contribution in [3.05, 3.63) is 230 Å². The van der Waals surface area contributed by atoms with Gasteiger partial charge >= 0.3 is 0 Å². The molecule has 0 radical (unpaired) electrons. The van der Waals surface area contributed by atoms with Crippen molar-refractivity contribution in [2.75, 3.05) is 0 Å². The fraction of sp³-hybridized carbons (Fsp3) is 0.0476. The lowest BCUT2D eigenvalue weighted by Crippen LogP contribution is -2.14. The largest absolute Gasteiger partial charge is 0.208 e.